The molecule has 1 aromatic rings. The molecule has 20 heavy (non-hydrogen) atoms. The number of halogens is 1. The van der Waals surface area contributed by atoms with E-state index in [1.165, 1.54) is 4.90 Å². The lowest BCUT2D eigenvalue weighted by molar-refractivity contribution is -0.150. The Labute approximate surface area is 122 Å². The van der Waals surface area contributed by atoms with Gasteiger partial charge in [-0.3, -0.25) is 4.79 Å². The van der Waals surface area contributed by atoms with Gasteiger partial charge >= 0.3 is 5.97 Å². The summed E-state index contributed by atoms with van der Waals surface area (Å²) in [6.45, 7) is 2.11. The van der Waals surface area contributed by atoms with Gasteiger partial charge in [-0.05, 0) is 30.5 Å². The van der Waals surface area contributed by atoms with Crippen LogP contribution in [0.1, 0.15) is 13.3 Å². The van der Waals surface area contributed by atoms with Gasteiger partial charge in [-0.25, -0.2) is 4.79 Å². The average molecular weight is 298 g/mol. The Bertz CT molecular complexity index is 520. The first-order valence-corrected chi connectivity index (χ1v) is 6.77. The molecule has 1 fully saturated rings. The van der Waals surface area contributed by atoms with Crippen molar-refractivity contribution in [2.24, 2.45) is 5.92 Å². The van der Waals surface area contributed by atoms with Crippen LogP contribution in [0.15, 0.2) is 24.3 Å². The van der Waals surface area contributed by atoms with E-state index in [9.17, 15) is 14.7 Å². The first kappa shape index (κ1) is 14.7. The molecule has 1 N–H and O–H groups in total. The summed E-state index contributed by atoms with van der Waals surface area (Å²) in [7, 11) is 0. The summed E-state index contributed by atoms with van der Waals surface area (Å²) < 4.78 is 5.36. The first-order valence-electron chi connectivity index (χ1n) is 6.39. The number of rotatable bonds is 4. The van der Waals surface area contributed by atoms with Crippen LogP contribution in [0, 0.1) is 5.92 Å². The number of carbonyl (C=O) groups is 2. The van der Waals surface area contributed by atoms with Gasteiger partial charge in [-0.1, -0.05) is 24.6 Å². The Balaban J connectivity index is 1.96. The van der Waals surface area contributed by atoms with Crippen LogP contribution in [0.5, 0.6) is 5.75 Å². The fraction of sp³-hybridized carbons (Fsp3) is 0.429. The summed E-state index contributed by atoms with van der Waals surface area (Å²) >= 11 is 5.82. The third-order valence-electron chi connectivity index (χ3n) is 3.43. The molecule has 2 rings (SSSR count). The number of ether oxygens (including phenoxy) is 1. The van der Waals surface area contributed by atoms with E-state index in [-0.39, 0.29) is 18.4 Å². The van der Waals surface area contributed by atoms with Crippen LogP contribution in [-0.2, 0) is 9.59 Å². The van der Waals surface area contributed by atoms with E-state index in [0.29, 0.717) is 23.7 Å². The molecule has 0 spiro atoms. The number of carboxylic acid groups (broad SMARTS) is 1. The van der Waals surface area contributed by atoms with Gasteiger partial charge < -0.3 is 14.7 Å². The molecule has 0 aliphatic carbocycles. The number of hydrogen-bond acceptors (Lipinski definition) is 3. The second-order valence-corrected chi connectivity index (χ2v) is 5.32. The molecule has 0 aromatic heterocycles. The minimum absolute atomic E-state index is 0.0392. The number of likely N-dealkylation sites (tertiary alicyclic amines) is 1. The van der Waals surface area contributed by atoms with Gasteiger partial charge in [-0.15, -0.1) is 0 Å². The first-order chi connectivity index (χ1) is 9.49. The topological polar surface area (TPSA) is 66.8 Å². The van der Waals surface area contributed by atoms with Crippen molar-refractivity contribution in [2.75, 3.05) is 13.2 Å². The van der Waals surface area contributed by atoms with Crippen LogP contribution in [0.25, 0.3) is 0 Å². The number of hydrogen-bond donors (Lipinski definition) is 1. The monoisotopic (exact) mass is 297 g/mol. The molecular weight excluding hydrogens is 282 g/mol. The summed E-state index contributed by atoms with van der Waals surface area (Å²) in [4.78, 5) is 24.6. The lowest BCUT2D eigenvalue weighted by Crippen LogP contribution is -2.44. The fourth-order valence-electron chi connectivity index (χ4n) is 2.39. The van der Waals surface area contributed by atoms with Crippen molar-refractivity contribution in [3.05, 3.63) is 29.3 Å². The largest absolute Gasteiger partial charge is 0.484 e. The lowest BCUT2D eigenvalue weighted by atomic mass is 10.0. The molecule has 1 aliphatic heterocycles. The third-order valence-corrected chi connectivity index (χ3v) is 3.67. The van der Waals surface area contributed by atoms with Gasteiger partial charge in [0.25, 0.3) is 5.91 Å². The highest BCUT2D eigenvalue weighted by Gasteiger charge is 2.39. The summed E-state index contributed by atoms with van der Waals surface area (Å²) in [6.07, 6.45) is 0.694. The molecule has 2 unspecified atom stereocenters. The minimum atomic E-state index is -0.967. The van der Waals surface area contributed by atoms with Crippen LogP contribution in [0.3, 0.4) is 0 Å². The third kappa shape index (κ3) is 3.22. The van der Waals surface area contributed by atoms with Crippen molar-refractivity contribution < 1.29 is 19.4 Å². The minimum Gasteiger partial charge on any atom is -0.484 e. The van der Waals surface area contributed by atoms with Gasteiger partial charge in [0.15, 0.2) is 6.61 Å². The van der Waals surface area contributed by atoms with Crippen LogP contribution >= 0.6 is 11.6 Å². The molecule has 0 saturated carbocycles. The van der Waals surface area contributed by atoms with Gasteiger partial charge in [0, 0.05) is 11.6 Å². The zero-order valence-corrected chi connectivity index (χ0v) is 11.8. The molecule has 1 amide bonds. The lowest BCUT2D eigenvalue weighted by Gasteiger charge is -2.23. The van der Waals surface area contributed by atoms with E-state index in [4.69, 9.17) is 16.3 Å². The van der Waals surface area contributed by atoms with E-state index < -0.39 is 12.0 Å². The molecule has 1 heterocycles. The normalized spacial score (nSPS) is 21.8. The number of benzene rings is 1. The smallest absolute Gasteiger partial charge is 0.326 e. The number of aliphatic carboxylic acids is 1. The Kier molecular flexibility index (Phi) is 4.49. The second kappa shape index (κ2) is 6.13. The molecule has 108 valence electrons. The highest BCUT2D eigenvalue weighted by atomic mass is 35.5. The van der Waals surface area contributed by atoms with Crippen molar-refractivity contribution >= 4 is 23.5 Å². The van der Waals surface area contributed by atoms with Crippen molar-refractivity contribution in [3.8, 4) is 5.75 Å². The van der Waals surface area contributed by atoms with Crippen molar-refractivity contribution in [1.29, 1.82) is 0 Å². The Morgan fingerprint density at radius 1 is 1.50 bits per heavy atom. The Morgan fingerprint density at radius 2 is 2.25 bits per heavy atom. The number of carboxylic acids is 1. The zero-order valence-electron chi connectivity index (χ0n) is 11.1. The van der Waals surface area contributed by atoms with E-state index in [0.717, 1.165) is 0 Å². The average Bonchev–Trinajstić information content (AvgIpc) is 2.78. The predicted molar refractivity (Wildman–Crippen MR) is 73.9 cm³/mol. The standard InChI is InChI=1S/C14H16ClNO4/c1-9-5-6-16(13(9)14(18)19)12(17)8-20-11-4-2-3-10(15)7-11/h2-4,7,9,13H,5-6,8H2,1H3,(H,18,19). The van der Waals surface area contributed by atoms with E-state index in [1.54, 1.807) is 24.3 Å². The van der Waals surface area contributed by atoms with E-state index >= 15 is 0 Å². The summed E-state index contributed by atoms with van der Waals surface area (Å²) in [5.41, 5.74) is 0. The number of carbonyl (C=O) groups excluding carboxylic acids is 1. The SMILES string of the molecule is CC1CCN(C(=O)COc2cccc(Cl)c2)C1C(=O)O. The summed E-state index contributed by atoms with van der Waals surface area (Å²) in [6, 6.07) is 5.97. The molecule has 0 bridgehead atoms. The van der Waals surface area contributed by atoms with Crippen molar-refractivity contribution in [1.82, 2.24) is 4.90 Å². The molecule has 0 radical (unpaired) electrons. The van der Waals surface area contributed by atoms with Crippen molar-refractivity contribution in [3.63, 3.8) is 0 Å². The zero-order chi connectivity index (χ0) is 14.7. The molecule has 6 heteroatoms. The number of amides is 1. The van der Waals surface area contributed by atoms with Crippen LogP contribution < -0.4 is 4.74 Å². The van der Waals surface area contributed by atoms with E-state index in [1.807, 2.05) is 6.92 Å². The van der Waals surface area contributed by atoms with Gasteiger partial charge in [-0.2, -0.15) is 0 Å². The highest BCUT2D eigenvalue weighted by molar-refractivity contribution is 6.30. The Hall–Kier alpha value is -1.75. The molecule has 1 saturated heterocycles. The van der Waals surface area contributed by atoms with Crippen LogP contribution in [0.4, 0.5) is 0 Å². The van der Waals surface area contributed by atoms with Crippen molar-refractivity contribution in [2.45, 2.75) is 19.4 Å². The molecular formula is C14H16ClNO4. The van der Waals surface area contributed by atoms with Gasteiger partial charge in [0.05, 0.1) is 0 Å². The molecule has 1 aliphatic rings. The van der Waals surface area contributed by atoms with E-state index in [2.05, 4.69) is 0 Å². The quantitative estimate of drug-likeness (QED) is 0.923. The van der Waals surface area contributed by atoms with Gasteiger partial charge in [0.2, 0.25) is 0 Å². The molecule has 5 nitrogen and oxygen atoms in total. The second-order valence-electron chi connectivity index (χ2n) is 4.88. The maximum Gasteiger partial charge on any atom is 0.326 e. The predicted octanol–water partition coefficient (Wildman–Crippen LogP) is 2.04. The molecule has 1 aromatic carbocycles. The Morgan fingerprint density at radius 3 is 2.90 bits per heavy atom. The highest BCUT2D eigenvalue weighted by Crippen LogP contribution is 2.24. The van der Waals surface area contributed by atoms with Crippen LogP contribution in [0.2, 0.25) is 5.02 Å². The summed E-state index contributed by atoms with van der Waals surface area (Å²) in [5, 5.41) is 9.69. The fourth-order valence-corrected chi connectivity index (χ4v) is 2.57. The summed E-state index contributed by atoms with van der Waals surface area (Å²) in [5.74, 6) is -0.833. The maximum absolute atomic E-state index is 12.1. The van der Waals surface area contributed by atoms with Crippen LogP contribution in [-0.4, -0.2) is 41.1 Å². The maximum atomic E-state index is 12.1. The van der Waals surface area contributed by atoms with Gasteiger partial charge in [0.1, 0.15) is 11.8 Å². The molecule has 2 atom stereocenters. The number of nitrogens with zero attached hydrogens (tertiary/aromatic N) is 1.